The molecule has 0 saturated carbocycles. The Balaban J connectivity index is -0.000000113. The monoisotopic (exact) mass is 447 g/mol. The molecule has 4 nitrogen and oxygen atoms in total. The van der Waals surface area contributed by atoms with Gasteiger partial charge >= 0.3 is 17.1 Å². The van der Waals surface area contributed by atoms with E-state index in [9.17, 15) is 0 Å². The Hall–Kier alpha value is 1.20. The summed E-state index contributed by atoms with van der Waals surface area (Å²) < 4.78 is 1.61. The molecule has 11 heteroatoms. The van der Waals surface area contributed by atoms with Crippen molar-refractivity contribution in [2.75, 3.05) is 48.3 Å². The van der Waals surface area contributed by atoms with Crippen LogP contribution in [-0.4, -0.2) is 71.1 Å². The first-order chi connectivity index (χ1) is 9.00. The van der Waals surface area contributed by atoms with Crippen LogP contribution in [0.25, 0.3) is 0 Å². The van der Waals surface area contributed by atoms with Gasteiger partial charge < -0.3 is 20.4 Å². The largest absolute Gasteiger partial charge is 2.00 e. The zero-order valence-corrected chi connectivity index (χ0v) is 19.1. The van der Waals surface area contributed by atoms with E-state index >= 15 is 0 Å². The number of hydrogen-bond donors (Lipinski definition) is 5. The fourth-order valence-electron chi connectivity index (χ4n) is 0.339. The van der Waals surface area contributed by atoms with Crippen LogP contribution < -0.4 is 10.6 Å². The van der Waals surface area contributed by atoms with Gasteiger partial charge in [0.2, 0.25) is 0 Å². The summed E-state index contributed by atoms with van der Waals surface area (Å²) in [6, 6.07) is 0. The predicted octanol–water partition coefficient (Wildman–Crippen LogP) is 1.53. The molecule has 21 heavy (non-hydrogen) atoms. The van der Waals surface area contributed by atoms with Crippen molar-refractivity contribution >= 4 is 87.5 Å². The smallest absolute Gasteiger partial charge is 0.369 e. The third-order valence-electron chi connectivity index (χ3n) is 1.06. The van der Waals surface area contributed by atoms with Gasteiger partial charge in [0.25, 0.3) is 0 Å². The van der Waals surface area contributed by atoms with Gasteiger partial charge in [0.15, 0.2) is 0 Å². The molecular formula is C10H24MnN4S6+2. The Morgan fingerprint density at radius 2 is 1.00 bits per heavy atom. The van der Waals surface area contributed by atoms with Gasteiger partial charge in [0.1, 0.15) is 13.0 Å². The van der Waals surface area contributed by atoms with Gasteiger partial charge in [0.05, 0.1) is 0 Å². The maximum absolute atomic E-state index is 4.65. The molecule has 0 bridgehead atoms. The van der Waals surface area contributed by atoms with Crippen molar-refractivity contribution in [3.8, 4) is 0 Å². The molecule has 0 spiro atoms. The van der Waals surface area contributed by atoms with E-state index in [1.807, 2.05) is 40.1 Å². The van der Waals surface area contributed by atoms with E-state index in [1.54, 1.807) is 4.90 Å². The van der Waals surface area contributed by atoms with Gasteiger partial charge in [-0.3, -0.25) is 0 Å². The molecule has 0 aliphatic carbocycles. The molecule has 2 N–H and O–H groups in total. The molecule has 125 valence electrons. The summed E-state index contributed by atoms with van der Waals surface area (Å²) in [5, 5.41) is 5.68. The fourth-order valence-corrected chi connectivity index (χ4v) is 0.767. The molecule has 0 amide bonds. The molecule has 0 rings (SSSR count). The minimum atomic E-state index is 0. The Morgan fingerprint density at radius 3 is 1.10 bits per heavy atom. The van der Waals surface area contributed by atoms with E-state index in [4.69, 9.17) is 0 Å². The summed E-state index contributed by atoms with van der Waals surface area (Å²) in [6.45, 7) is 1.42. The average Bonchev–Trinajstić information content (AvgIpc) is 2.23. The molecule has 1 radical (unpaired) electrons. The van der Waals surface area contributed by atoms with E-state index < -0.39 is 0 Å². The summed E-state index contributed by atoms with van der Waals surface area (Å²) in [5.74, 6) is 0. The Kier molecular flexibility index (Phi) is 30.4. The number of thiocarbonyl (C=S) groups is 3. The van der Waals surface area contributed by atoms with Gasteiger partial charge in [-0.05, 0) is 21.1 Å². The number of nitrogens with zero attached hydrogens (tertiary/aromatic N) is 2. The van der Waals surface area contributed by atoms with Crippen LogP contribution in [0, 0.1) is 0 Å². The van der Waals surface area contributed by atoms with Crippen LogP contribution >= 0.6 is 74.5 Å². The molecule has 0 saturated heterocycles. The first kappa shape index (κ1) is 30.1. The van der Waals surface area contributed by atoms with E-state index in [-0.39, 0.29) is 17.1 Å². The third kappa shape index (κ3) is 52.5. The SMILES string of the molecule is CN(C)C.CN(C)C(=S)S.S=C(S)NCCNC(=S)S.[Mn+2]. The Morgan fingerprint density at radius 1 is 0.810 bits per heavy atom. The zero-order valence-electron chi connectivity index (χ0n) is 12.8. The molecule has 0 aromatic carbocycles. The first-order valence-electron chi connectivity index (χ1n) is 5.45. The van der Waals surface area contributed by atoms with Crippen molar-refractivity contribution in [3.05, 3.63) is 0 Å². The van der Waals surface area contributed by atoms with Gasteiger partial charge in [0, 0.05) is 27.2 Å². The number of nitrogens with one attached hydrogen (secondary N) is 2. The fraction of sp³-hybridized carbons (Fsp3) is 0.700. The Labute approximate surface area is 172 Å². The van der Waals surface area contributed by atoms with Crippen molar-refractivity contribution in [2.24, 2.45) is 0 Å². The normalized spacial score (nSPS) is 8.05. The molecule has 0 aromatic rings. The van der Waals surface area contributed by atoms with Crippen molar-refractivity contribution < 1.29 is 17.1 Å². The van der Waals surface area contributed by atoms with E-state index in [1.165, 1.54) is 0 Å². The van der Waals surface area contributed by atoms with Crippen molar-refractivity contribution in [1.82, 2.24) is 20.4 Å². The summed E-state index contributed by atoms with van der Waals surface area (Å²) in [5.41, 5.74) is 0. The molecule has 0 aliphatic rings. The average molecular weight is 448 g/mol. The van der Waals surface area contributed by atoms with Crippen LogP contribution in [0.3, 0.4) is 0 Å². The van der Waals surface area contributed by atoms with Gasteiger partial charge in [-0.15, -0.1) is 37.9 Å². The second-order valence-corrected chi connectivity index (χ2v) is 7.41. The standard InChI is InChI=1S/C4H8N2S4.C3H7NS2.C3H9N.Mn/c7-3(8)5-1-2-6-4(9)10;1-4(2)3(5)6;1-4(2)3;/h1-2H2,(H2,5,7,8)(H2,6,9,10);1-2H3,(H,5,6);1-3H3;/q;;;+2. The minimum Gasteiger partial charge on any atom is -0.369 e. The molecule has 0 unspecified atom stereocenters. The summed E-state index contributed by atoms with van der Waals surface area (Å²) >= 11 is 25.5. The predicted molar refractivity (Wildman–Crippen MR) is 114 cm³/mol. The number of hydrogen-bond acceptors (Lipinski definition) is 4. The van der Waals surface area contributed by atoms with Crippen LogP contribution in [0.15, 0.2) is 0 Å². The maximum Gasteiger partial charge on any atom is 2.00 e. The molecule has 0 fully saturated rings. The van der Waals surface area contributed by atoms with Gasteiger partial charge in [-0.1, -0.05) is 36.7 Å². The molecule has 0 atom stereocenters. The zero-order chi connectivity index (χ0) is 16.7. The number of thiol groups is 3. The first-order valence-corrected chi connectivity index (χ1v) is 8.02. The second kappa shape index (κ2) is 21.2. The maximum atomic E-state index is 4.65. The van der Waals surface area contributed by atoms with Crippen molar-refractivity contribution in [2.45, 2.75) is 0 Å². The summed E-state index contributed by atoms with van der Waals surface area (Å²) in [6.07, 6.45) is 0. The second-order valence-electron chi connectivity index (χ2n) is 3.98. The van der Waals surface area contributed by atoms with Crippen LogP contribution in [-0.2, 0) is 17.1 Å². The molecular weight excluding hydrogens is 423 g/mol. The van der Waals surface area contributed by atoms with Crippen molar-refractivity contribution in [1.29, 1.82) is 0 Å². The third-order valence-corrected chi connectivity index (χ3v) is 2.43. The van der Waals surface area contributed by atoms with Crippen LogP contribution in [0.5, 0.6) is 0 Å². The van der Waals surface area contributed by atoms with E-state index in [0.717, 1.165) is 0 Å². The molecule has 0 aromatic heterocycles. The summed E-state index contributed by atoms with van der Waals surface area (Å²) in [4.78, 5) is 3.76. The van der Waals surface area contributed by atoms with E-state index in [0.29, 0.717) is 26.1 Å². The van der Waals surface area contributed by atoms with Crippen LogP contribution in [0.1, 0.15) is 0 Å². The van der Waals surface area contributed by atoms with Gasteiger partial charge in [-0.25, -0.2) is 0 Å². The summed E-state index contributed by atoms with van der Waals surface area (Å²) in [7, 11) is 9.71. The number of rotatable bonds is 3. The topological polar surface area (TPSA) is 30.5 Å². The van der Waals surface area contributed by atoms with Crippen molar-refractivity contribution in [3.63, 3.8) is 0 Å². The van der Waals surface area contributed by atoms with Crippen LogP contribution in [0.2, 0.25) is 0 Å². The van der Waals surface area contributed by atoms with Crippen LogP contribution in [0.4, 0.5) is 0 Å². The molecule has 0 aliphatic heterocycles. The van der Waals surface area contributed by atoms with Gasteiger partial charge in [-0.2, -0.15) is 0 Å². The van der Waals surface area contributed by atoms with E-state index in [2.05, 4.69) is 85.2 Å². The Bertz CT molecular complexity index is 270. The quantitative estimate of drug-likeness (QED) is 0.194. The minimum absolute atomic E-state index is 0. The molecule has 0 heterocycles.